The first-order valence-corrected chi connectivity index (χ1v) is 5.50. The summed E-state index contributed by atoms with van der Waals surface area (Å²) in [6.45, 7) is 4.00. The van der Waals surface area contributed by atoms with Crippen LogP contribution in [0.2, 0.25) is 0 Å². The van der Waals surface area contributed by atoms with Gasteiger partial charge < -0.3 is 5.32 Å². The van der Waals surface area contributed by atoms with E-state index >= 15 is 0 Å². The van der Waals surface area contributed by atoms with Crippen LogP contribution in [-0.4, -0.2) is 32.7 Å². The van der Waals surface area contributed by atoms with E-state index in [1.807, 2.05) is 30.3 Å². The van der Waals surface area contributed by atoms with Gasteiger partial charge in [0.05, 0.1) is 0 Å². The highest BCUT2D eigenvalue weighted by Crippen LogP contribution is 2.11. The second-order valence-electron chi connectivity index (χ2n) is 3.60. The fourth-order valence-corrected chi connectivity index (χ4v) is 1.38. The van der Waals surface area contributed by atoms with Crippen molar-refractivity contribution in [2.24, 2.45) is 0 Å². The van der Waals surface area contributed by atoms with E-state index in [9.17, 15) is 4.79 Å². The van der Waals surface area contributed by atoms with Gasteiger partial charge in [0.1, 0.15) is 6.54 Å². The van der Waals surface area contributed by atoms with E-state index in [1.165, 1.54) is 4.80 Å². The lowest BCUT2D eigenvalue weighted by molar-refractivity contribution is -0.121. The molecule has 1 heterocycles. The van der Waals surface area contributed by atoms with E-state index in [0.29, 0.717) is 12.4 Å². The molecule has 0 aliphatic heterocycles. The molecule has 1 N–H and O–H groups in total. The van der Waals surface area contributed by atoms with Crippen molar-refractivity contribution >= 4 is 5.91 Å². The Morgan fingerprint density at radius 2 is 2.17 bits per heavy atom. The number of hydrogen-bond donors (Lipinski definition) is 1. The smallest absolute Gasteiger partial charge is 0.243 e. The molecule has 0 fully saturated rings. The maximum absolute atomic E-state index is 11.4. The summed E-state index contributed by atoms with van der Waals surface area (Å²) in [7, 11) is 0. The van der Waals surface area contributed by atoms with Gasteiger partial charge in [0.2, 0.25) is 11.7 Å². The fourth-order valence-electron chi connectivity index (χ4n) is 1.38. The topological polar surface area (TPSA) is 72.7 Å². The van der Waals surface area contributed by atoms with Gasteiger partial charge in [0, 0.05) is 12.1 Å². The van der Waals surface area contributed by atoms with Gasteiger partial charge in [-0.15, -0.1) is 16.8 Å². The minimum Gasteiger partial charge on any atom is -0.351 e. The summed E-state index contributed by atoms with van der Waals surface area (Å²) in [5, 5.41) is 14.5. The predicted octanol–water partition coefficient (Wildman–Crippen LogP) is 0.642. The third-order valence-electron chi connectivity index (χ3n) is 2.21. The molecule has 0 aliphatic carbocycles. The summed E-state index contributed by atoms with van der Waals surface area (Å²) in [5.41, 5.74) is 0.871. The summed E-state index contributed by atoms with van der Waals surface area (Å²) in [4.78, 5) is 12.7. The minimum atomic E-state index is -0.174. The Kier molecular flexibility index (Phi) is 3.80. The number of carbonyl (C=O) groups is 1. The molecule has 0 bridgehead atoms. The van der Waals surface area contributed by atoms with E-state index in [2.05, 4.69) is 27.3 Å². The highest BCUT2D eigenvalue weighted by Gasteiger charge is 2.07. The zero-order chi connectivity index (χ0) is 12.8. The second kappa shape index (κ2) is 5.72. The Hall–Kier alpha value is -2.50. The molecule has 6 nitrogen and oxygen atoms in total. The molecule has 0 unspecified atom stereocenters. The zero-order valence-electron chi connectivity index (χ0n) is 9.78. The molecule has 2 rings (SSSR count). The molecule has 0 saturated heterocycles. The molecule has 1 aromatic heterocycles. The van der Waals surface area contributed by atoms with Gasteiger partial charge in [-0.05, 0) is 5.21 Å². The molecule has 0 radical (unpaired) electrons. The van der Waals surface area contributed by atoms with Gasteiger partial charge in [0.25, 0.3) is 0 Å². The summed E-state index contributed by atoms with van der Waals surface area (Å²) in [5.74, 6) is 0.332. The number of nitrogens with zero attached hydrogens (tertiary/aromatic N) is 4. The van der Waals surface area contributed by atoms with Crippen LogP contribution in [0.15, 0.2) is 43.0 Å². The molecular formula is C12H13N5O. The fraction of sp³-hybridized carbons (Fsp3) is 0.167. The van der Waals surface area contributed by atoms with Crippen molar-refractivity contribution < 1.29 is 4.79 Å². The van der Waals surface area contributed by atoms with Crippen LogP contribution in [0.25, 0.3) is 11.4 Å². The number of rotatable bonds is 5. The number of carbonyl (C=O) groups excluding carboxylic acids is 1. The normalized spacial score (nSPS) is 10.0. The van der Waals surface area contributed by atoms with Gasteiger partial charge in [-0.25, -0.2) is 0 Å². The highest BCUT2D eigenvalue weighted by molar-refractivity contribution is 5.75. The van der Waals surface area contributed by atoms with Crippen molar-refractivity contribution in [3.05, 3.63) is 43.0 Å². The second-order valence-corrected chi connectivity index (χ2v) is 3.60. The van der Waals surface area contributed by atoms with Crippen molar-refractivity contribution in [1.82, 2.24) is 25.5 Å². The predicted molar refractivity (Wildman–Crippen MR) is 66.5 cm³/mol. The minimum absolute atomic E-state index is 0.0493. The first kappa shape index (κ1) is 12.0. The number of hydrogen-bond acceptors (Lipinski definition) is 4. The van der Waals surface area contributed by atoms with Crippen LogP contribution >= 0.6 is 0 Å². The van der Waals surface area contributed by atoms with E-state index in [4.69, 9.17) is 0 Å². The molecule has 0 atom stereocenters. The molecule has 0 spiro atoms. The Labute approximate surface area is 104 Å². The number of nitrogens with one attached hydrogen (secondary N) is 1. The Bertz CT molecular complexity index is 534. The molecule has 1 amide bonds. The van der Waals surface area contributed by atoms with E-state index in [-0.39, 0.29) is 12.5 Å². The average Bonchev–Trinajstić information content (AvgIpc) is 2.86. The van der Waals surface area contributed by atoms with Gasteiger partial charge in [0.15, 0.2) is 0 Å². The molecule has 18 heavy (non-hydrogen) atoms. The van der Waals surface area contributed by atoms with Crippen molar-refractivity contribution in [1.29, 1.82) is 0 Å². The molecule has 6 heteroatoms. The van der Waals surface area contributed by atoms with Crippen LogP contribution < -0.4 is 5.32 Å². The molecule has 2 aromatic rings. The first-order valence-electron chi connectivity index (χ1n) is 5.50. The number of tetrazole rings is 1. The number of aromatic nitrogens is 4. The molecule has 0 saturated carbocycles. The quantitative estimate of drug-likeness (QED) is 0.782. The van der Waals surface area contributed by atoms with Crippen LogP contribution in [0.3, 0.4) is 0 Å². The van der Waals surface area contributed by atoms with Crippen LogP contribution in [0.5, 0.6) is 0 Å². The monoisotopic (exact) mass is 243 g/mol. The van der Waals surface area contributed by atoms with Gasteiger partial charge in [-0.2, -0.15) is 4.80 Å². The average molecular weight is 243 g/mol. The molecule has 0 aliphatic rings. The van der Waals surface area contributed by atoms with Crippen LogP contribution in [0.4, 0.5) is 0 Å². The maximum atomic E-state index is 11.4. The van der Waals surface area contributed by atoms with Crippen molar-refractivity contribution in [2.45, 2.75) is 6.54 Å². The van der Waals surface area contributed by atoms with Crippen LogP contribution in [0.1, 0.15) is 0 Å². The van der Waals surface area contributed by atoms with Gasteiger partial charge in [-0.3, -0.25) is 4.79 Å². The molecule has 1 aromatic carbocycles. The lowest BCUT2D eigenvalue weighted by atomic mass is 10.2. The van der Waals surface area contributed by atoms with Crippen LogP contribution in [-0.2, 0) is 11.3 Å². The third kappa shape index (κ3) is 3.00. The SMILES string of the molecule is C=CCNC(=O)Cn1nnc(-c2ccccc2)n1. The van der Waals surface area contributed by atoms with Crippen LogP contribution in [0, 0.1) is 0 Å². The van der Waals surface area contributed by atoms with Crippen molar-refractivity contribution in [2.75, 3.05) is 6.54 Å². The largest absolute Gasteiger partial charge is 0.351 e. The number of amides is 1. The van der Waals surface area contributed by atoms with Crippen molar-refractivity contribution in [3.8, 4) is 11.4 Å². The van der Waals surface area contributed by atoms with Crippen molar-refractivity contribution in [3.63, 3.8) is 0 Å². The highest BCUT2D eigenvalue weighted by atomic mass is 16.2. The Morgan fingerprint density at radius 1 is 1.39 bits per heavy atom. The lowest BCUT2D eigenvalue weighted by Crippen LogP contribution is -2.28. The summed E-state index contributed by atoms with van der Waals surface area (Å²) in [6.07, 6.45) is 1.61. The van der Waals surface area contributed by atoms with Gasteiger partial charge >= 0.3 is 0 Å². The summed E-state index contributed by atoms with van der Waals surface area (Å²) in [6, 6.07) is 9.48. The Balaban J connectivity index is 2.02. The van der Waals surface area contributed by atoms with E-state index in [0.717, 1.165) is 5.56 Å². The summed E-state index contributed by atoms with van der Waals surface area (Å²) < 4.78 is 0. The molecule has 92 valence electrons. The van der Waals surface area contributed by atoms with E-state index in [1.54, 1.807) is 6.08 Å². The number of benzene rings is 1. The zero-order valence-corrected chi connectivity index (χ0v) is 9.78. The summed E-state index contributed by atoms with van der Waals surface area (Å²) >= 11 is 0. The molecular weight excluding hydrogens is 230 g/mol. The standard InChI is InChI=1S/C12H13N5O/c1-2-8-13-11(18)9-17-15-12(14-16-17)10-6-4-3-5-7-10/h2-7H,1,8-9H2,(H,13,18). The maximum Gasteiger partial charge on any atom is 0.243 e. The van der Waals surface area contributed by atoms with E-state index < -0.39 is 0 Å². The lowest BCUT2D eigenvalue weighted by Gasteiger charge is -1.99. The Morgan fingerprint density at radius 3 is 2.89 bits per heavy atom. The third-order valence-corrected chi connectivity index (χ3v) is 2.21. The van der Waals surface area contributed by atoms with Gasteiger partial charge in [-0.1, -0.05) is 36.4 Å². The first-order chi connectivity index (χ1) is 8.79.